The lowest BCUT2D eigenvalue weighted by atomic mass is 10.1. The predicted octanol–water partition coefficient (Wildman–Crippen LogP) is 1.03. The fourth-order valence-electron chi connectivity index (χ4n) is 1.22. The first kappa shape index (κ1) is 11.2. The van der Waals surface area contributed by atoms with Crippen LogP contribution < -0.4 is 5.73 Å². The van der Waals surface area contributed by atoms with Crippen LogP contribution in [0.3, 0.4) is 0 Å². The Kier molecular flexibility index (Phi) is 3.85. The molecule has 15 heavy (non-hydrogen) atoms. The summed E-state index contributed by atoms with van der Waals surface area (Å²) >= 11 is 0. The quantitative estimate of drug-likeness (QED) is 0.456. The molecule has 0 saturated carbocycles. The van der Waals surface area contributed by atoms with Crippen LogP contribution in [-0.4, -0.2) is 26.3 Å². The number of aliphatic imine (C=N–C) groups is 1. The van der Waals surface area contributed by atoms with Gasteiger partial charge in [-0.2, -0.15) is 0 Å². The highest BCUT2D eigenvalue weighted by Gasteiger charge is 2.04. The minimum absolute atomic E-state index is 0.251. The van der Waals surface area contributed by atoms with Gasteiger partial charge in [-0.3, -0.25) is 9.79 Å². The van der Waals surface area contributed by atoms with Gasteiger partial charge in [0.25, 0.3) is 0 Å². The Labute approximate surface area is 88.8 Å². The van der Waals surface area contributed by atoms with E-state index >= 15 is 0 Å². The molecular weight excluding hydrogens is 192 g/mol. The van der Waals surface area contributed by atoms with E-state index in [4.69, 9.17) is 5.73 Å². The second-order valence-corrected chi connectivity index (χ2v) is 3.10. The van der Waals surface area contributed by atoms with E-state index in [9.17, 15) is 4.79 Å². The van der Waals surface area contributed by atoms with Gasteiger partial charge in [-0.1, -0.05) is 6.07 Å². The van der Waals surface area contributed by atoms with Gasteiger partial charge in [0.1, 0.15) is 0 Å². The highest BCUT2D eigenvalue weighted by atomic mass is 16.5. The number of hydrogen-bond donors (Lipinski definition) is 1. The summed E-state index contributed by atoms with van der Waals surface area (Å²) in [6.07, 6.45) is 1.91. The van der Waals surface area contributed by atoms with Crippen LogP contribution in [0.1, 0.15) is 11.1 Å². The van der Waals surface area contributed by atoms with Crippen LogP contribution in [0.2, 0.25) is 0 Å². The number of methoxy groups -OCH3 is 1. The number of ether oxygens (including phenoxy) is 1. The molecule has 0 aliphatic carbocycles. The SMILES string of the molecule is CN=Cc1cc(CC(=O)OC)ccc1N. The van der Waals surface area contributed by atoms with Crippen LogP contribution in [0.4, 0.5) is 5.69 Å². The zero-order chi connectivity index (χ0) is 11.3. The van der Waals surface area contributed by atoms with Gasteiger partial charge in [0.15, 0.2) is 0 Å². The summed E-state index contributed by atoms with van der Waals surface area (Å²) in [5.41, 5.74) is 8.06. The van der Waals surface area contributed by atoms with Gasteiger partial charge in [-0.15, -0.1) is 0 Å². The monoisotopic (exact) mass is 206 g/mol. The Hall–Kier alpha value is -1.84. The molecule has 1 rings (SSSR count). The van der Waals surface area contributed by atoms with Crippen molar-refractivity contribution in [1.29, 1.82) is 0 Å². The zero-order valence-electron chi connectivity index (χ0n) is 8.86. The summed E-state index contributed by atoms with van der Waals surface area (Å²) in [5, 5.41) is 0. The molecule has 0 bridgehead atoms. The van der Waals surface area contributed by atoms with Crippen LogP contribution in [0, 0.1) is 0 Å². The number of benzene rings is 1. The second kappa shape index (κ2) is 5.14. The molecule has 1 aromatic carbocycles. The minimum atomic E-state index is -0.265. The smallest absolute Gasteiger partial charge is 0.309 e. The number of hydrogen-bond acceptors (Lipinski definition) is 4. The number of nitrogen functional groups attached to an aromatic ring is 1. The topological polar surface area (TPSA) is 64.7 Å². The first-order valence-electron chi connectivity index (χ1n) is 4.54. The lowest BCUT2D eigenvalue weighted by Crippen LogP contribution is -2.05. The Morgan fingerprint density at radius 2 is 2.33 bits per heavy atom. The molecule has 4 nitrogen and oxygen atoms in total. The molecule has 1 aromatic rings. The van der Waals surface area contributed by atoms with Crippen molar-refractivity contribution in [3.05, 3.63) is 29.3 Å². The van der Waals surface area contributed by atoms with Gasteiger partial charge in [0.05, 0.1) is 13.5 Å². The number of carbonyl (C=O) groups excluding carboxylic acids is 1. The fraction of sp³-hybridized carbons (Fsp3) is 0.273. The molecule has 0 aromatic heterocycles. The number of carbonyl (C=O) groups is 1. The molecule has 0 fully saturated rings. The highest BCUT2D eigenvalue weighted by Crippen LogP contribution is 2.13. The first-order chi connectivity index (χ1) is 7.17. The van der Waals surface area contributed by atoms with Crippen molar-refractivity contribution in [2.45, 2.75) is 6.42 Å². The summed E-state index contributed by atoms with van der Waals surface area (Å²) in [6, 6.07) is 5.40. The van der Waals surface area contributed by atoms with Gasteiger partial charge < -0.3 is 10.5 Å². The third kappa shape index (κ3) is 3.09. The largest absolute Gasteiger partial charge is 0.469 e. The number of esters is 1. The highest BCUT2D eigenvalue weighted by molar-refractivity contribution is 5.87. The van der Waals surface area contributed by atoms with Crippen molar-refractivity contribution in [2.24, 2.45) is 4.99 Å². The third-order valence-corrected chi connectivity index (χ3v) is 2.00. The number of rotatable bonds is 3. The van der Waals surface area contributed by atoms with Crippen molar-refractivity contribution in [1.82, 2.24) is 0 Å². The fourth-order valence-corrected chi connectivity index (χ4v) is 1.22. The van der Waals surface area contributed by atoms with Crippen LogP contribution in [0.5, 0.6) is 0 Å². The van der Waals surface area contributed by atoms with Crippen molar-refractivity contribution < 1.29 is 9.53 Å². The normalized spacial score (nSPS) is 10.5. The second-order valence-electron chi connectivity index (χ2n) is 3.10. The van der Waals surface area contributed by atoms with Crippen molar-refractivity contribution in [3.63, 3.8) is 0 Å². The summed E-state index contributed by atoms with van der Waals surface area (Å²) in [5.74, 6) is -0.265. The molecule has 0 atom stereocenters. The summed E-state index contributed by atoms with van der Waals surface area (Å²) in [7, 11) is 3.04. The summed E-state index contributed by atoms with van der Waals surface area (Å²) < 4.78 is 4.58. The molecule has 0 saturated heterocycles. The van der Waals surface area contributed by atoms with Crippen LogP contribution >= 0.6 is 0 Å². The van der Waals surface area contributed by atoms with Crippen LogP contribution in [0.25, 0.3) is 0 Å². The van der Waals surface area contributed by atoms with E-state index in [2.05, 4.69) is 9.73 Å². The molecule has 2 N–H and O–H groups in total. The number of nitrogens with two attached hydrogens (primary N) is 1. The van der Waals surface area contributed by atoms with Crippen LogP contribution in [-0.2, 0) is 16.0 Å². The molecule has 4 heteroatoms. The van der Waals surface area contributed by atoms with E-state index in [1.807, 2.05) is 6.07 Å². The van der Waals surface area contributed by atoms with E-state index in [1.54, 1.807) is 25.4 Å². The molecule has 80 valence electrons. The van der Waals surface area contributed by atoms with Gasteiger partial charge >= 0.3 is 5.97 Å². The molecule has 0 aliphatic rings. The molecule has 0 spiro atoms. The van der Waals surface area contributed by atoms with E-state index in [-0.39, 0.29) is 12.4 Å². The lowest BCUT2D eigenvalue weighted by molar-refractivity contribution is -0.139. The van der Waals surface area contributed by atoms with Gasteiger partial charge in [0, 0.05) is 24.5 Å². The zero-order valence-corrected chi connectivity index (χ0v) is 8.86. The van der Waals surface area contributed by atoms with Gasteiger partial charge in [-0.05, 0) is 17.7 Å². The lowest BCUT2D eigenvalue weighted by Gasteiger charge is -2.04. The van der Waals surface area contributed by atoms with Crippen molar-refractivity contribution >= 4 is 17.9 Å². The maximum absolute atomic E-state index is 11.0. The molecule has 0 heterocycles. The summed E-state index contributed by atoms with van der Waals surface area (Å²) in [4.78, 5) is 14.9. The van der Waals surface area contributed by atoms with Gasteiger partial charge in [-0.25, -0.2) is 0 Å². The number of nitrogens with zero attached hydrogens (tertiary/aromatic N) is 1. The Bertz CT molecular complexity index is 386. The Morgan fingerprint density at radius 1 is 1.60 bits per heavy atom. The first-order valence-corrected chi connectivity index (χ1v) is 4.54. The Morgan fingerprint density at radius 3 is 2.93 bits per heavy atom. The van der Waals surface area contributed by atoms with Crippen molar-refractivity contribution in [3.8, 4) is 0 Å². The standard InChI is InChI=1S/C11H14N2O2/c1-13-7-9-5-8(3-4-10(9)12)6-11(14)15-2/h3-5,7H,6,12H2,1-2H3. The summed E-state index contributed by atoms with van der Waals surface area (Å²) in [6.45, 7) is 0. The Balaban J connectivity index is 2.92. The van der Waals surface area contributed by atoms with Crippen LogP contribution in [0.15, 0.2) is 23.2 Å². The molecule has 0 radical (unpaired) electrons. The van der Waals surface area contributed by atoms with Gasteiger partial charge in [0.2, 0.25) is 0 Å². The average molecular weight is 206 g/mol. The average Bonchev–Trinajstić information content (AvgIpc) is 2.23. The van der Waals surface area contributed by atoms with E-state index in [1.165, 1.54) is 7.11 Å². The molecule has 0 aliphatic heterocycles. The molecular formula is C11H14N2O2. The van der Waals surface area contributed by atoms with E-state index < -0.39 is 0 Å². The molecule has 0 unspecified atom stereocenters. The van der Waals surface area contributed by atoms with E-state index in [0.717, 1.165) is 11.1 Å². The maximum atomic E-state index is 11.0. The third-order valence-electron chi connectivity index (χ3n) is 2.00. The minimum Gasteiger partial charge on any atom is -0.469 e. The number of anilines is 1. The van der Waals surface area contributed by atoms with E-state index in [0.29, 0.717) is 5.69 Å². The van der Waals surface area contributed by atoms with Crippen molar-refractivity contribution in [2.75, 3.05) is 19.9 Å². The predicted molar refractivity (Wildman–Crippen MR) is 60.1 cm³/mol. The molecule has 0 amide bonds. The maximum Gasteiger partial charge on any atom is 0.309 e.